The maximum atomic E-state index is 12.0. The topological polar surface area (TPSA) is 90.7 Å². The second-order valence-corrected chi connectivity index (χ2v) is 8.60. The van der Waals surface area contributed by atoms with Crippen molar-refractivity contribution < 1.29 is 22.1 Å². The summed E-state index contributed by atoms with van der Waals surface area (Å²) in [7, 11) is -3.48. The van der Waals surface area contributed by atoms with Gasteiger partial charge >= 0.3 is 6.09 Å². The number of piperidine rings is 1. The van der Waals surface area contributed by atoms with Crippen LogP contribution < -0.4 is 0 Å². The molecule has 1 aliphatic heterocycles. The number of amides is 1. The van der Waals surface area contributed by atoms with E-state index in [0.717, 1.165) is 19.1 Å². The largest absolute Gasteiger partial charge is 0.444 e. The van der Waals surface area contributed by atoms with Crippen LogP contribution in [0.5, 0.6) is 0 Å². The molecule has 1 aromatic rings. The quantitative estimate of drug-likeness (QED) is 0.763. The van der Waals surface area contributed by atoms with E-state index in [-0.39, 0.29) is 18.7 Å². The van der Waals surface area contributed by atoms with Crippen molar-refractivity contribution in [1.29, 1.82) is 0 Å². The number of carbonyl (C=O) groups excluding carboxylic acids is 1. The van der Waals surface area contributed by atoms with Crippen molar-refractivity contribution in [3.05, 3.63) is 18.0 Å². The second kappa shape index (κ2) is 7.10. The molecule has 0 unspecified atom stereocenters. The van der Waals surface area contributed by atoms with Crippen LogP contribution in [0.3, 0.4) is 0 Å². The zero-order chi connectivity index (χ0) is 18.0. The van der Waals surface area contributed by atoms with Crippen molar-refractivity contribution in [1.82, 2.24) is 14.7 Å². The Morgan fingerprint density at radius 2 is 1.96 bits per heavy atom. The normalized spacial score (nSPS) is 17.1. The fraction of sp³-hybridized carbons (Fsp3) is 0.733. The third kappa shape index (κ3) is 5.79. The molecule has 2 heterocycles. The van der Waals surface area contributed by atoms with Gasteiger partial charge in [0.15, 0.2) is 0 Å². The monoisotopic (exact) mass is 359 g/mol. The molecule has 1 fully saturated rings. The molecule has 0 radical (unpaired) electrons. The lowest BCUT2D eigenvalue weighted by Crippen LogP contribution is -2.42. The van der Waals surface area contributed by atoms with Gasteiger partial charge in [0, 0.05) is 19.3 Å². The van der Waals surface area contributed by atoms with E-state index in [2.05, 4.69) is 5.10 Å². The Hall–Kier alpha value is -1.61. The van der Waals surface area contributed by atoms with Gasteiger partial charge < -0.3 is 9.64 Å². The first-order valence-electron chi connectivity index (χ1n) is 7.90. The van der Waals surface area contributed by atoms with Crippen molar-refractivity contribution in [2.45, 2.75) is 51.9 Å². The summed E-state index contributed by atoms with van der Waals surface area (Å²) in [6.07, 6.45) is 4.08. The van der Waals surface area contributed by atoms with E-state index < -0.39 is 15.7 Å². The summed E-state index contributed by atoms with van der Waals surface area (Å²) in [5.74, 6) is 0. The van der Waals surface area contributed by atoms with Gasteiger partial charge in [0.05, 0.1) is 18.0 Å². The van der Waals surface area contributed by atoms with Crippen molar-refractivity contribution in [2.24, 2.45) is 0 Å². The van der Waals surface area contributed by atoms with Crippen LogP contribution in [0, 0.1) is 0 Å². The molecule has 1 aromatic heterocycles. The van der Waals surface area contributed by atoms with Crippen molar-refractivity contribution in [3.8, 4) is 0 Å². The van der Waals surface area contributed by atoms with E-state index >= 15 is 0 Å². The molecule has 0 bridgehead atoms. The van der Waals surface area contributed by atoms with Gasteiger partial charge in [-0.15, -0.1) is 0 Å². The highest BCUT2D eigenvalue weighted by molar-refractivity contribution is 7.85. The molecule has 0 aromatic carbocycles. The van der Waals surface area contributed by atoms with Gasteiger partial charge in [-0.2, -0.15) is 13.5 Å². The maximum Gasteiger partial charge on any atom is 0.410 e. The van der Waals surface area contributed by atoms with Gasteiger partial charge in [0.1, 0.15) is 12.2 Å². The van der Waals surface area contributed by atoms with Crippen molar-refractivity contribution in [3.63, 3.8) is 0 Å². The molecular formula is C15H25N3O5S. The smallest absolute Gasteiger partial charge is 0.410 e. The standard InChI is InChI=1S/C15H25N3O5S/c1-15(2,3)23-14(19)17-8-6-13(7-9-17)18-10-5-12(16-18)11-22-24(4,20)21/h5,10,13H,6-9,11H2,1-4H3. The summed E-state index contributed by atoms with van der Waals surface area (Å²) < 4.78 is 33.9. The number of rotatable bonds is 4. The predicted molar refractivity (Wildman–Crippen MR) is 87.9 cm³/mol. The maximum absolute atomic E-state index is 12.0. The molecule has 1 aliphatic rings. The van der Waals surface area contributed by atoms with Crippen LogP contribution in [0.1, 0.15) is 45.3 Å². The molecule has 1 amide bonds. The van der Waals surface area contributed by atoms with Crippen LogP contribution in [0.15, 0.2) is 12.3 Å². The Morgan fingerprint density at radius 1 is 1.33 bits per heavy atom. The average Bonchev–Trinajstić information content (AvgIpc) is 2.92. The highest BCUT2D eigenvalue weighted by Crippen LogP contribution is 2.23. The van der Waals surface area contributed by atoms with E-state index in [1.165, 1.54) is 0 Å². The number of hydrogen-bond acceptors (Lipinski definition) is 6. The number of aromatic nitrogens is 2. The van der Waals surface area contributed by atoms with E-state index in [4.69, 9.17) is 8.92 Å². The highest BCUT2D eigenvalue weighted by atomic mass is 32.2. The van der Waals surface area contributed by atoms with E-state index in [1.807, 2.05) is 31.6 Å². The number of carbonyl (C=O) groups is 1. The summed E-state index contributed by atoms with van der Waals surface area (Å²) in [6.45, 7) is 6.69. The lowest BCUT2D eigenvalue weighted by Gasteiger charge is -2.33. The Kier molecular flexibility index (Phi) is 5.54. The van der Waals surface area contributed by atoms with Crippen molar-refractivity contribution >= 4 is 16.2 Å². The molecule has 1 saturated heterocycles. The molecule has 136 valence electrons. The predicted octanol–water partition coefficient (Wildman–Crippen LogP) is 1.93. The number of hydrogen-bond donors (Lipinski definition) is 0. The van der Waals surface area contributed by atoms with Crippen LogP contribution in [0.25, 0.3) is 0 Å². The van der Waals surface area contributed by atoms with Crippen LogP contribution in [0.4, 0.5) is 4.79 Å². The third-order valence-electron chi connectivity index (χ3n) is 3.57. The Bertz CT molecular complexity index is 670. The van der Waals surface area contributed by atoms with Crippen molar-refractivity contribution in [2.75, 3.05) is 19.3 Å². The lowest BCUT2D eigenvalue weighted by atomic mass is 10.1. The van der Waals surface area contributed by atoms with Gasteiger partial charge in [-0.05, 0) is 39.7 Å². The zero-order valence-corrected chi connectivity index (χ0v) is 15.4. The molecular weight excluding hydrogens is 334 g/mol. The molecule has 2 rings (SSSR count). The fourth-order valence-electron chi connectivity index (χ4n) is 2.46. The van der Waals surface area contributed by atoms with Crippen LogP contribution >= 0.6 is 0 Å². The number of nitrogens with zero attached hydrogens (tertiary/aromatic N) is 3. The zero-order valence-electron chi connectivity index (χ0n) is 14.6. The Balaban J connectivity index is 1.86. The molecule has 9 heteroatoms. The SMILES string of the molecule is CC(C)(C)OC(=O)N1CCC(n2ccc(COS(C)(=O)=O)n2)CC1. The van der Waals surface area contributed by atoms with Crippen LogP contribution in [-0.4, -0.2) is 54.1 Å². The summed E-state index contributed by atoms with van der Waals surface area (Å²) in [5, 5.41) is 4.36. The average molecular weight is 359 g/mol. The molecule has 24 heavy (non-hydrogen) atoms. The lowest BCUT2D eigenvalue weighted by molar-refractivity contribution is 0.0184. The number of ether oxygens (including phenoxy) is 1. The minimum atomic E-state index is -3.48. The molecule has 0 aliphatic carbocycles. The molecule has 8 nitrogen and oxygen atoms in total. The minimum Gasteiger partial charge on any atom is -0.444 e. The van der Waals surface area contributed by atoms with Crippen LogP contribution in [0.2, 0.25) is 0 Å². The first-order chi connectivity index (χ1) is 11.0. The Labute approximate surface area is 142 Å². The molecule has 0 spiro atoms. The Morgan fingerprint density at radius 3 is 2.50 bits per heavy atom. The van der Waals surface area contributed by atoms with Gasteiger partial charge in [-0.25, -0.2) is 4.79 Å². The van der Waals surface area contributed by atoms with Gasteiger partial charge in [0.2, 0.25) is 0 Å². The summed E-state index contributed by atoms with van der Waals surface area (Å²) in [6, 6.07) is 1.92. The first-order valence-corrected chi connectivity index (χ1v) is 9.71. The van der Waals surface area contributed by atoms with E-state index in [9.17, 15) is 13.2 Å². The molecule has 0 N–H and O–H groups in total. The molecule has 0 atom stereocenters. The first kappa shape index (κ1) is 18.7. The number of likely N-dealkylation sites (tertiary alicyclic amines) is 1. The van der Waals surface area contributed by atoms with Gasteiger partial charge in [0.25, 0.3) is 10.1 Å². The molecule has 0 saturated carbocycles. The van der Waals surface area contributed by atoms with Crippen LogP contribution in [-0.2, 0) is 25.6 Å². The van der Waals surface area contributed by atoms with E-state index in [1.54, 1.807) is 11.0 Å². The fourth-order valence-corrected chi connectivity index (χ4v) is 2.80. The van der Waals surface area contributed by atoms with Gasteiger partial charge in [-0.1, -0.05) is 0 Å². The second-order valence-electron chi connectivity index (χ2n) is 6.95. The summed E-state index contributed by atoms with van der Waals surface area (Å²) >= 11 is 0. The minimum absolute atomic E-state index is 0.0669. The van der Waals surface area contributed by atoms with Gasteiger partial charge in [-0.3, -0.25) is 8.86 Å². The summed E-state index contributed by atoms with van der Waals surface area (Å²) in [4.78, 5) is 13.8. The highest BCUT2D eigenvalue weighted by Gasteiger charge is 2.27. The van der Waals surface area contributed by atoms with E-state index in [0.29, 0.717) is 18.8 Å². The summed E-state index contributed by atoms with van der Waals surface area (Å²) in [5.41, 5.74) is 0.0692. The third-order valence-corrected chi connectivity index (χ3v) is 4.12.